The van der Waals surface area contributed by atoms with Gasteiger partial charge in [0.05, 0.1) is 17.0 Å². The predicted molar refractivity (Wildman–Crippen MR) is 118 cm³/mol. The van der Waals surface area contributed by atoms with E-state index in [1.807, 2.05) is 42.8 Å². The minimum Gasteiger partial charge on any atom is -0.491 e. The predicted octanol–water partition coefficient (Wildman–Crippen LogP) is 4.65. The van der Waals surface area contributed by atoms with Gasteiger partial charge < -0.3 is 19.8 Å². The average Bonchev–Trinajstić information content (AvgIpc) is 3.41. The van der Waals surface area contributed by atoms with Crippen LogP contribution in [0.15, 0.2) is 49.1 Å². The Morgan fingerprint density at radius 1 is 1.17 bits per heavy atom. The maximum atomic E-state index is 6.22. The number of hydrogen-bond acceptors (Lipinski definition) is 6. The number of benzene rings is 1. The summed E-state index contributed by atoms with van der Waals surface area (Å²) in [5, 5.41) is 1.97. The summed E-state index contributed by atoms with van der Waals surface area (Å²) < 4.78 is 14.3. The topological polar surface area (TPSA) is 88.1 Å². The lowest BCUT2D eigenvalue weighted by molar-refractivity contribution is -0.0156. The number of nitrogens with two attached hydrogens (primary N) is 1. The van der Waals surface area contributed by atoms with Crippen molar-refractivity contribution in [3.63, 3.8) is 0 Å². The van der Waals surface area contributed by atoms with Crippen molar-refractivity contribution in [2.24, 2.45) is 0 Å². The fourth-order valence-electron chi connectivity index (χ4n) is 3.79. The molecule has 1 aromatic carbocycles. The molecule has 2 unspecified atom stereocenters. The van der Waals surface area contributed by atoms with E-state index in [4.69, 9.17) is 15.2 Å². The van der Waals surface area contributed by atoms with Crippen molar-refractivity contribution >= 4 is 27.8 Å². The lowest BCUT2D eigenvalue weighted by Crippen LogP contribution is -2.18. The van der Waals surface area contributed by atoms with Crippen LogP contribution in [0.2, 0.25) is 0 Å². The van der Waals surface area contributed by atoms with E-state index in [-0.39, 0.29) is 12.3 Å². The van der Waals surface area contributed by atoms with E-state index in [2.05, 4.69) is 34.0 Å². The van der Waals surface area contributed by atoms with Crippen LogP contribution in [0.4, 0.5) is 5.82 Å². The SMILES string of the molecule is CC.Cc1cc2cccnc2cc1OCC1CCC(n2ccc3c(N)ncnc32)O1. The Morgan fingerprint density at radius 2 is 2.03 bits per heavy atom. The molecule has 0 spiro atoms. The minimum atomic E-state index is -0.0697. The second-order valence-electron chi connectivity index (χ2n) is 7.13. The summed E-state index contributed by atoms with van der Waals surface area (Å²) in [7, 11) is 0. The molecule has 1 aliphatic rings. The molecule has 0 amide bonds. The number of nitrogen functional groups attached to an aromatic ring is 1. The highest BCUT2D eigenvalue weighted by Gasteiger charge is 2.28. The molecule has 5 rings (SSSR count). The summed E-state index contributed by atoms with van der Waals surface area (Å²) in [6, 6.07) is 10.0. The van der Waals surface area contributed by atoms with Crippen molar-refractivity contribution < 1.29 is 9.47 Å². The molecule has 2 N–H and O–H groups in total. The van der Waals surface area contributed by atoms with E-state index in [0.29, 0.717) is 12.4 Å². The largest absolute Gasteiger partial charge is 0.491 e. The summed E-state index contributed by atoms with van der Waals surface area (Å²) in [6.45, 7) is 6.56. The van der Waals surface area contributed by atoms with Gasteiger partial charge in [-0.15, -0.1) is 0 Å². The van der Waals surface area contributed by atoms with Crippen LogP contribution in [0.3, 0.4) is 0 Å². The molecule has 2 atom stereocenters. The molecule has 4 heterocycles. The number of anilines is 1. The van der Waals surface area contributed by atoms with Gasteiger partial charge in [-0.25, -0.2) is 9.97 Å². The van der Waals surface area contributed by atoms with Crippen molar-refractivity contribution in [2.75, 3.05) is 12.3 Å². The lowest BCUT2D eigenvalue weighted by atomic mass is 10.1. The van der Waals surface area contributed by atoms with Gasteiger partial charge in [-0.2, -0.15) is 0 Å². The highest BCUT2D eigenvalue weighted by Crippen LogP contribution is 2.33. The number of fused-ring (bicyclic) bond motifs is 2. The summed E-state index contributed by atoms with van der Waals surface area (Å²) in [5.41, 5.74) is 8.76. The second kappa shape index (κ2) is 8.67. The van der Waals surface area contributed by atoms with Crippen LogP contribution in [-0.2, 0) is 4.74 Å². The number of rotatable bonds is 4. The first-order valence-electron chi connectivity index (χ1n) is 10.4. The molecule has 0 bridgehead atoms. The van der Waals surface area contributed by atoms with Gasteiger partial charge in [0.1, 0.15) is 36.4 Å². The highest BCUT2D eigenvalue weighted by molar-refractivity contribution is 5.86. The van der Waals surface area contributed by atoms with E-state index < -0.39 is 0 Å². The Kier molecular flexibility index (Phi) is 5.81. The van der Waals surface area contributed by atoms with Gasteiger partial charge in [-0.3, -0.25) is 4.98 Å². The molecule has 30 heavy (non-hydrogen) atoms. The van der Waals surface area contributed by atoms with Crippen LogP contribution < -0.4 is 10.5 Å². The summed E-state index contributed by atoms with van der Waals surface area (Å²) in [4.78, 5) is 12.8. The van der Waals surface area contributed by atoms with Crippen LogP contribution in [0.25, 0.3) is 21.9 Å². The molecule has 1 saturated heterocycles. The number of pyridine rings is 1. The van der Waals surface area contributed by atoms with Crippen molar-refractivity contribution in [3.8, 4) is 5.75 Å². The number of nitrogens with zero attached hydrogens (tertiary/aromatic N) is 4. The molecule has 1 aliphatic heterocycles. The highest BCUT2D eigenvalue weighted by atomic mass is 16.6. The third-order valence-corrected chi connectivity index (χ3v) is 5.26. The number of hydrogen-bond donors (Lipinski definition) is 1. The Morgan fingerprint density at radius 3 is 2.90 bits per heavy atom. The van der Waals surface area contributed by atoms with Crippen LogP contribution in [0, 0.1) is 6.92 Å². The minimum absolute atomic E-state index is 0.0282. The van der Waals surface area contributed by atoms with Gasteiger partial charge >= 0.3 is 0 Å². The molecule has 7 heteroatoms. The van der Waals surface area contributed by atoms with Gasteiger partial charge in [-0.1, -0.05) is 19.9 Å². The van der Waals surface area contributed by atoms with Crippen LogP contribution in [0.5, 0.6) is 5.75 Å². The zero-order chi connectivity index (χ0) is 21.1. The van der Waals surface area contributed by atoms with Gasteiger partial charge in [0.2, 0.25) is 0 Å². The zero-order valence-electron chi connectivity index (χ0n) is 17.6. The van der Waals surface area contributed by atoms with Gasteiger partial charge in [0.15, 0.2) is 0 Å². The second-order valence-corrected chi connectivity index (χ2v) is 7.13. The first-order valence-corrected chi connectivity index (χ1v) is 10.4. The average molecular weight is 406 g/mol. The molecule has 7 nitrogen and oxygen atoms in total. The molecule has 4 aromatic rings. The molecule has 0 radical (unpaired) electrons. The molecule has 156 valence electrons. The number of aromatic nitrogens is 4. The van der Waals surface area contributed by atoms with E-state index in [0.717, 1.165) is 46.1 Å². The van der Waals surface area contributed by atoms with E-state index >= 15 is 0 Å². The number of aryl methyl sites for hydroxylation is 1. The van der Waals surface area contributed by atoms with Crippen molar-refractivity contribution in [2.45, 2.75) is 45.9 Å². The summed E-state index contributed by atoms with van der Waals surface area (Å²) in [6.07, 6.45) is 7.03. The smallest absolute Gasteiger partial charge is 0.147 e. The van der Waals surface area contributed by atoms with E-state index in [1.54, 1.807) is 6.20 Å². The standard InChI is InChI=1S/C21H21N5O2.C2H6/c1-13-9-14-3-2-7-23-17(14)10-18(13)27-11-15-4-5-19(28-15)26-8-6-16-20(22)24-12-25-21(16)26;1-2/h2-3,6-10,12,15,19H,4-5,11H2,1H3,(H2,22,24,25);1-2H3. The fraction of sp³-hybridized carbons (Fsp3) is 0.348. The van der Waals surface area contributed by atoms with E-state index in [1.165, 1.54) is 6.33 Å². The molecular weight excluding hydrogens is 378 g/mol. The molecule has 0 saturated carbocycles. The molecular formula is C23H27N5O2. The monoisotopic (exact) mass is 405 g/mol. The molecule has 3 aromatic heterocycles. The summed E-state index contributed by atoms with van der Waals surface area (Å²) >= 11 is 0. The third kappa shape index (κ3) is 3.80. The quantitative estimate of drug-likeness (QED) is 0.531. The maximum absolute atomic E-state index is 6.22. The Bertz CT molecular complexity index is 1160. The van der Waals surface area contributed by atoms with E-state index in [9.17, 15) is 0 Å². The Labute approximate surface area is 175 Å². The van der Waals surface area contributed by atoms with Gasteiger partial charge in [0, 0.05) is 23.8 Å². The van der Waals surface area contributed by atoms with Crippen LogP contribution in [-0.4, -0.2) is 32.2 Å². The molecule has 0 aliphatic carbocycles. The number of ether oxygens (including phenoxy) is 2. The Hall–Kier alpha value is -3.19. The fourth-order valence-corrected chi connectivity index (χ4v) is 3.79. The van der Waals surface area contributed by atoms with Crippen molar-refractivity contribution in [3.05, 3.63) is 54.6 Å². The lowest BCUT2D eigenvalue weighted by Gasteiger charge is -2.17. The van der Waals surface area contributed by atoms with Crippen LogP contribution >= 0.6 is 0 Å². The zero-order valence-corrected chi connectivity index (χ0v) is 17.6. The van der Waals surface area contributed by atoms with Crippen LogP contribution in [0.1, 0.15) is 38.5 Å². The van der Waals surface area contributed by atoms with Crippen molar-refractivity contribution in [1.29, 1.82) is 0 Å². The molecule has 1 fully saturated rings. The maximum Gasteiger partial charge on any atom is 0.147 e. The first kappa shape index (κ1) is 20.1. The van der Waals surface area contributed by atoms with Gasteiger partial charge in [-0.05, 0) is 43.5 Å². The Balaban J connectivity index is 0.00000106. The third-order valence-electron chi connectivity index (χ3n) is 5.26. The first-order chi connectivity index (χ1) is 14.7. The van der Waals surface area contributed by atoms with Gasteiger partial charge in [0.25, 0.3) is 0 Å². The normalized spacial score (nSPS) is 18.4. The summed E-state index contributed by atoms with van der Waals surface area (Å²) in [5.74, 6) is 1.34. The van der Waals surface area contributed by atoms with Crippen molar-refractivity contribution in [1.82, 2.24) is 19.5 Å².